The van der Waals surface area contributed by atoms with Crippen molar-refractivity contribution in [2.24, 2.45) is 0 Å². The number of anilines is 1. The average Bonchev–Trinajstić information content (AvgIpc) is 2.73. The molecule has 1 aliphatic heterocycles. The van der Waals surface area contributed by atoms with Crippen LogP contribution in [0.15, 0.2) is 84.4 Å². The van der Waals surface area contributed by atoms with E-state index in [-0.39, 0.29) is 16.4 Å². The zero-order valence-corrected chi connectivity index (χ0v) is 16.4. The van der Waals surface area contributed by atoms with Gasteiger partial charge in [0.05, 0.1) is 5.69 Å². The largest absolute Gasteiger partial charge is 0.508 e. The first-order valence-electron chi connectivity index (χ1n) is 9.05. The van der Waals surface area contributed by atoms with Crippen molar-refractivity contribution in [1.82, 2.24) is 5.32 Å². The number of ether oxygens (including phenoxy) is 1. The molecule has 0 aliphatic carbocycles. The van der Waals surface area contributed by atoms with Crippen LogP contribution in [0.1, 0.15) is 5.56 Å². The highest BCUT2D eigenvalue weighted by Gasteiger charge is 2.34. The summed E-state index contributed by atoms with van der Waals surface area (Å²) in [5, 5.41) is 12.1. The Hall–Kier alpha value is -3.97. The van der Waals surface area contributed by atoms with Crippen LogP contribution in [0.5, 0.6) is 17.2 Å². The number of phenols is 1. The number of benzene rings is 3. The summed E-state index contributed by atoms with van der Waals surface area (Å²) in [5.74, 6) is 0.185. The molecule has 0 radical (unpaired) electrons. The molecule has 1 fully saturated rings. The van der Waals surface area contributed by atoms with Crippen molar-refractivity contribution >= 4 is 40.9 Å². The Morgan fingerprint density at radius 1 is 0.900 bits per heavy atom. The molecule has 0 saturated carbocycles. The molecule has 7 heteroatoms. The summed E-state index contributed by atoms with van der Waals surface area (Å²) in [5.41, 5.74) is 0.930. The molecule has 1 aliphatic rings. The summed E-state index contributed by atoms with van der Waals surface area (Å²) in [6, 6.07) is 22.4. The van der Waals surface area contributed by atoms with Gasteiger partial charge < -0.3 is 9.84 Å². The predicted molar refractivity (Wildman–Crippen MR) is 117 cm³/mol. The molecule has 1 heterocycles. The highest BCUT2D eigenvalue weighted by Crippen LogP contribution is 2.27. The normalized spacial score (nSPS) is 15.3. The van der Waals surface area contributed by atoms with Crippen LogP contribution in [-0.2, 0) is 9.59 Å². The number of amides is 2. The molecule has 0 aromatic heterocycles. The van der Waals surface area contributed by atoms with Crippen LogP contribution < -0.4 is 15.0 Å². The summed E-state index contributed by atoms with van der Waals surface area (Å²) in [6.45, 7) is 0. The zero-order chi connectivity index (χ0) is 21.1. The van der Waals surface area contributed by atoms with Gasteiger partial charge in [-0.25, -0.2) is 0 Å². The van der Waals surface area contributed by atoms with Crippen molar-refractivity contribution < 1.29 is 19.4 Å². The number of carbonyl (C=O) groups is 2. The van der Waals surface area contributed by atoms with Gasteiger partial charge >= 0.3 is 0 Å². The van der Waals surface area contributed by atoms with Gasteiger partial charge in [-0.1, -0.05) is 30.3 Å². The van der Waals surface area contributed by atoms with Crippen LogP contribution in [0.2, 0.25) is 0 Å². The smallest absolute Gasteiger partial charge is 0.270 e. The van der Waals surface area contributed by atoms with Crippen LogP contribution in [0, 0.1) is 0 Å². The molecular weight excluding hydrogens is 400 g/mol. The molecule has 2 N–H and O–H groups in total. The number of para-hydroxylation sites is 1. The minimum atomic E-state index is -0.589. The second kappa shape index (κ2) is 8.18. The summed E-state index contributed by atoms with van der Waals surface area (Å²) in [4.78, 5) is 26.6. The van der Waals surface area contributed by atoms with E-state index in [1.165, 1.54) is 23.1 Å². The summed E-state index contributed by atoms with van der Waals surface area (Å²) >= 11 is 5.21. The van der Waals surface area contributed by atoms with Crippen molar-refractivity contribution in [3.05, 3.63) is 90.0 Å². The highest BCUT2D eigenvalue weighted by atomic mass is 32.1. The lowest BCUT2D eigenvalue weighted by atomic mass is 10.1. The number of hydrogen-bond donors (Lipinski definition) is 2. The molecule has 0 atom stereocenters. The van der Waals surface area contributed by atoms with E-state index in [1.54, 1.807) is 36.4 Å². The van der Waals surface area contributed by atoms with Crippen molar-refractivity contribution in [1.29, 1.82) is 0 Å². The maximum atomic E-state index is 13.0. The molecule has 6 nitrogen and oxygen atoms in total. The third-order valence-corrected chi connectivity index (χ3v) is 4.64. The average molecular weight is 416 g/mol. The first-order chi connectivity index (χ1) is 14.5. The van der Waals surface area contributed by atoms with Gasteiger partial charge in [0.1, 0.15) is 22.8 Å². The molecule has 148 valence electrons. The fourth-order valence-electron chi connectivity index (χ4n) is 2.96. The van der Waals surface area contributed by atoms with E-state index in [0.717, 1.165) is 0 Å². The number of carbonyl (C=O) groups excluding carboxylic acids is 2. The number of thiocarbonyl (C=S) groups is 1. The van der Waals surface area contributed by atoms with Gasteiger partial charge in [0.2, 0.25) is 0 Å². The number of hydrogen-bond acceptors (Lipinski definition) is 5. The molecule has 0 unspecified atom stereocenters. The minimum absolute atomic E-state index is 0.00483. The maximum absolute atomic E-state index is 13.0. The Balaban J connectivity index is 1.60. The topological polar surface area (TPSA) is 78.9 Å². The van der Waals surface area contributed by atoms with Gasteiger partial charge in [-0.3, -0.25) is 19.8 Å². The van der Waals surface area contributed by atoms with E-state index in [0.29, 0.717) is 22.7 Å². The third kappa shape index (κ3) is 4.06. The quantitative estimate of drug-likeness (QED) is 0.382. The lowest BCUT2D eigenvalue weighted by Crippen LogP contribution is -2.54. The first-order valence-corrected chi connectivity index (χ1v) is 9.45. The van der Waals surface area contributed by atoms with Crippen LogP contribution in [-0.4, -0.2) is 22.0 Å². The maximum Gasteiger partial charge on any atom is 0.270 e. The van der Waals surface area contributed by atoms with Crippen molar-refractivity contribution in [3.8, 4) is 17.2 Å². The molecular formula is C23H16N2O4S. The fraction of sp³-hybridized carbons (Fsp3) is 0. The Morgan fingerprint density at radius 3 is 2.30 bits per heavy atom. The molecule has 0 bridgehead atoms. The van der Waals surface area contributed by atoms with Crippen LogP contribution in [0.3, 0.4) is 0 Å². The standard InChI is InChI=1S/C23H16N2O4S/c26-17-6-4-5-15(13-17)14-20-21(27)24-23(30)25(22(20)28)16-9-11-19(12-10-16)29-18-7-2-1-3-8-18/h1-14,26H,(H,24,27,30). The number of nitrogens with zero attached hydrogens (tertiary/aromatic N) is 1. The van der Waals surface area contributed by atoms with Gasteiger partial charge in [-0.2, -0.15) is 0 Å². The lowest BCUT2D eigenvalue weighted by Gasteiger charge is -2.29. The number of rotatable bonds is 4. The Labute approximate surface area is 178 Å². The number of nitrogens with one attached hydrogen (secondary N) is 1. The first kappa shape index (κ1) is 19.4. The van der Waals surface area contributed by atoms with Crippen molar-refractivity contribution in [3.63, 3.8) is 0 Å². The Bertz CT molecular complexity index is 1160. The van der Waals surface area contributed by atoms with E-state index < -0.39 is 11.8 Å². The summed E-state index contributed by atoms with van der Waals surface area (Å²) in [6.07, 6.45) is 1.42. The van der Waals surface area contributed by atoms with Gasteiger partial charge in [-0.05, 0) is 72.4 Å². The predicted octanol–water partition coefficient (Wildman–Crippen LogP) is 4.02. The second-order valence-electron chi connectivity index (χ2n) is 6.46. The van der Waals surface area contributed by atoms with Crippen LogP contribution >= 0.6 is 12.2 Å². The van der Waals surface area contributed by atoms with E-state index in [4.69, 9.17) is 17.0 Å². The SMILES string of the molecule is O=C1NC(=S)N(c2ccc(Oc3ccccc3)cc2)C(=O)C1=Cc1cccc(O)c1. The molecule has 0 spiro atoms. The van der Waals surface area contributed by atoms with Gasteiger partial charge in [-0.15, -0.1) is 0 Å². The molecule has 3 aromatic carbocycles. The van der Waals surface area contributed by atoms with Gasteiger partial charge in [0, 0.05) is 0 Å². The number of aromatic hydroxyl groups is 1. The van der Waals surface area contributed by atoms with Crippen molar-refractivity contribution in [2.75, 3.05) is 4.90 Å². The molecule has 1 saturated heterocycles. The lowest BCUT2D eigenvalue weighted by molar-refractivity contribution is -0.122. The van der Waals surface area contributed by atoms with E-state index in [1.807, 2.05) is 30.3 Å². The molecule has 30 heavy (non-hydrogen) atoms. The van der Waals surface area contributed by atoms with E-state index >= 15 is 0 Å². The second-order valence-corrected chi connectivity index (χ2v) is 6.85. The monoisotopic (exact) mass is 416 g/mol. The third-order valence-electron chi connectivity index (χ3n) is 4.36. The Morgan fingerprint density at radius 2 is 1.60 bits per heavy atom. The van der Waals surface area contributed by atoms with Gasteiger partial charge in [0.25, 0.3) is 11.8 Å². The van der Waals surface area contributed by atoms with Crippen molar-refractivity contribution in [2.45, 2.75) is 0 Å². The zero-order valence-electron chi connectivity index (χ0n) is 15.6. The summed E-state index contributed by atoms with van der Waals surface area (Å²) < 4.78 is 5.76. The molecule has 3 aromatic rings. The Kier molecular flexibility index (Phi) is 5.28. The molecule has 4 rings (SSSR count). The van der Waals surface area contributed by atoms with E-state index in [2.05, 4.69) is 5.32 Å². The van der Waals surface area contributed by atoms with Crippen LogP contribution in [0.4, 0.5) is 5.69 Å². The van der Waals surface area contributed by atoms with E-state index in [9.17, 15) is 14.7 Å². The minimum Gasteiger partial charge on any atom is -0.508 e. The number of phenolic OH excluding ortho intramolecular Hbond substituents is 1. The fourth-order valence-corrected chi connectivity index (χ4v) is 3.24. The van der Waals surface area contributed by atoms with Crippen LogP contribution in [0.25, 0.3) is 6.08 Å². The summed E-state index contributed by atoms with van der Waals surface area (Å²) in [7, 11) is 0. The molecule has 2 amide bonds. The van der Waals surface area contributed by atoms with Gasteiger partial charge in [0.15, 0.2) is 5.11 Å². The highest BCUT2D eigenvalue weighted by molar-refractivity contribution is 7.80.